The van der Waals surface area contributed by atoms with Crippen molar-refractivity contribution in [2.75, 3.05) is 22.5 Å². The van der Waals surface area contributed by atoms with E-state index in [0.717, 1.165) is 35.2 Å². The zero-order chi connectivity index (χ0) is 20.0. The minimum atomic E-state index is -0.789. The average molecular weight is 414 g/mol. The Morgan fingerprint density at radius 2 is 1.97 bits per heavy atom. The van der Waals surface area contributed by atoms with E-state index >= 15 is 0 Å². The van der Waals surface area contributed by atoms with Crippen LogP contribution >= 0.6 is 11.8 Å². The molecule has 2 saturated carbocycles. The number of aliphatic hydroxyl groups is 2. The molecule has 0 saturated heterocycles. The summed E-state index contributed by atoms with van der Waals surface area (Å²) in [6.07, 6.45) is 2.36. The highest BCUT2D eigenvalue weighted by molar-refractivity contribution is 8.00. The molecule has 7 nitrogen and oxygen atoms in total. The highest BCUT2D eigenvalue weighted by Crippen LogP contribution is 2.48. The highest BCUT2D eigenvalue weighted by atomic mass is 32.2. The molecule has 2 aliphatic carbocycles. The number of hydrogen-bond acceptors (Lipinski definition) is 8. The number of anilines is 3. The van der Waals surface area contributed by atoms with Crippen molar-refractivity contribution < 1.29 is 10.2 Å². The Hall–Kier alpha value is -2.03. The van der Waals surface area contributed by atoms with Crippen LogP contribution < -0.4 is 16.0 Å². The Kier molecular flexibility index (Phi) is 5.01. The van der Waals surface area contributed by atoms with Crippen LogP contribution in [0.3, 0.4) is 0 Å². The van der Waals surface area contributed by atoms with Gasteiger partial charge in [0.15, 0.2) is 0 Å². The summed E-state index contributed by atoms with van der Waals surface area (Å²) in [7, 11) is 0. The van der Waals surface area contributed by atoms with Crippen LogP contribution in [0.2, 0.25) is 0 Å². The SMILES string of the molecule is Cc1nc(NCC2CC2)nc(NC2CCC(O)C2O)c1C1Nc2ccccc2S1. The lowest BCUT2D eigenvalue weighted by atomic mass is 10.1. The number of para-hydroxylation sites is 1. The largest absolute Gasteiger partial charge is 0.390 e. The van der Waals surface area contributed by atoms with Gasteiger partial charge in [0.25, 0.3) is 0 Å². The van der Waals surface area contributed by atoms with Crippen molar-refractivity contribution in [3.8, 4) is 0 Å². The number of aliphatic hydroxyl groups excluding tert-OH is 2. The molecule has 5 rings (SSSR count). The number of benzene rings is 1. The molecule has 4 unspecified atom stereocenters. The molecule has 5 N–H and O–H groups in total. The molecule has 29 heavy (non-hydrogen) atoms. The van der Waals surface area contributed by atoms with Gasteiger partial charge < -0.3 is 26.2 Å². The number of fused-ring (bicyclic) bond motifs is 1. The number of nitrogens with zero attached hydrogens (tertiary/aromatic N) is 2. The number of aryl methyl sites for hydroxylation is 1. The molecule has 4 atom stereocenters. The fourth-order valence-corrected chi connectivity index (χ4v) is 5.30. The molecule has 0 radical (unpaired) electrons. The number of rotatable bonds is 6. The number of nitrogens with one attached hydrogen (secondary N) is 3. The van der Waals surface area contributed by atoms with Gasteiger partial charge in [-0.25, -0.2) is 4.98 Å². The second kappa shape index (κ2) is 7.66. The van der Waals surface area contributed by atoms with Gasteiger partial charge >= 0.3 is 0 Å². The highest BCUT2D eigenvalue weighted by Gasteiger charge is 2.35. The van der Waals surface area contributed by atoms with E-state index in [1.165, 1.54) is 17.7 Å². The summed E-state index contributed by atoms with van der Waals surface area (Å²) in [5.41, 5.74) is 3.02. The Morgan fingerprint density at radius 1 is 1.14 bits per heavy atom. The summed E-state index contributed by atoms with van der Waals surface area (Å²) < 4.78 is 0. The van der Waals surface area contributed by atoms with Gasteiger partial charge in [0.05, 0.1) is 23.9 Å². The Labute approximate surface area is 174 Å². The van der Waals surface area contributed by atoms with Crippen molar-refractivity contribution in [1.29, 1.82) is 0 Å². The predicted molar refractivity (Wildman–Crippen MR) is 115 cm³/mol. The first kappa shape index (κ1) is 19.0. The van der Waals surface area contributed by atoms with Crippen molar-refractivity contribution >= 4 is 29.2 Å². The first-order valence-corrected chi connectivity index (χ1v) is 11.2. The van der Waals surface area contributed by atoms with E-state index in [-0.39, 0.29) is 11.4 Å². The molecule has 2 fully saturated rings. The monoisotopic (exact) mass is 413 g/mol. The fourth-order valence-electron chi connectivity index (χ4n) is 4.05. The molecule has 0 spiro atoms. The van der Waals surface area contributed by atoms with Crippen LogP contribution in [-0.2, 0) is 0 Å². The van der Waals surface area contributed by atoms with Crippen LogP contribution in [0.5, 0.6) is 0 Å². The van der Waals surface area contributed by atoms with Crippen molar-refractivity contribution in [2.45, 2.75) is 61.1 Å². The van der Waals surface area contributed by atoms with E-state index in [4.69, 9.17) is 9.97 Å². The molecule has 1 aromatic carbocycles. The Bertz CT molecular complexity index is 882. The van der Waals surface area contributed by atoms with Gasteiger partial charge in [-0.15, -0.1) is 0 Å². The average Bonchev–Trinajstić information content (AvgIpc) is 3.37. The van der Waals surface area contributed by atoms with E-state index in [1.54, 1.807) is 11.8 Å². The molecule has 0 amide bonds. The lowest BCUT2D eigenvalue weighted by Gasteiger charge is -2.24. The maximum absolute atomic E-state index is 10.3. The van der Waals surface area contributed by atoms with Crippen molar-refractivity contribution in [1.82, 2.24) is 9.97 Å². The fraction of sp³-hybridized carbons (Fsp3) is 0.524. The molecular weight excluding hydrogens is 386 g/mol. The normalized spacial score (nSPS) is 28.1. The van der Waals surface area contributed by atoms with Crippen LogP contribution in [-0.4, -0.2) is 45.0 Å². The molecule has 2 heterocycles. The summed E-state index contributed by atoms with van der Waals surface area (Å²) in [5, 5.41) is 30.7. The zero-order valence-electron chi connectivity index (χ0n) is 16.4. The standard InChI is InChI=1S/C21H27N5O2S/c1-11-17(20-25-13-4-2-3-5-16(13)29-20)19(24-14-8-9-15(27)18(14)28)26-21(23-11)22-10-12-6-7-12/h2-5,12,14-15,18,20,25,27-28H,6-10H2,1H3,(H2,22,23,24,26). The molecule has 154 valence electrons. The molecule has 2 aromatic rings. The summed E-state index contributed by atoms with van der Waals surface area (Å²) in [6.45, 7) is 2.90. The molecule has 1 aliphatic heterocycles. The quantitative estimate of drug-likeness (QED) is 0.492. The molecular formula is C21H27N5O2S. The van der Waals surface area contributed by atoms with E-state index in [2.05, 4.69) is 28.1 Å². The third kappa shape index (κ3) is 3.89. The van der Waals surface area contributed by atoms with Gasteiger partial charge in [-0.3, -0.25) is 0 Å². The first-order valence-electron chi connectivity index (χ1n) is 10.4. The Morgan fingerprint density at radius 3 is 2.69 bits per heavy atom. The van der Waals surface area contributed by atoms with E-state index < -0.39 is 12.2 Å². The van der Waals surface area contributed by atoms with Crippen LogP contribution in [0.1, 0.15) is 42.3 Å². The maximum Gasteiger partial charge on any atom is 0.224 e. The summed E-state index contributed by atoms with van der Waals surface area (Å²) in [4.78, 5) is 10.7. The third-order valence-electron chi connectivity index (χ3n) is 5.96. The van der Waals surface area contributed by atoms with Gasteiger partial charge in [0.1, 0.15) is 11.2 Å². The molecule has 0 bridgehead atoms. The minimum Gasteiger partial charge on any atom is -0.390 e. The summed E-state index contributed by atoms with van der Waals surface area (Å²) >= 11 is 1.75. The Balaban J connectivity index is 1.45. The second-order valence-corrected chi connectivity index (χ2v) is 9.39. The van der Waals surface area contributed by atoms with Crippen molar-refractivity contribution in [3.05, 3.63) is 35.5 Å². The van der Waals surface area contributed by atoms with Crippen molar-refractivity contribution in [3.63, 3.8) is 0 Å². The van der Waals surface area contributed by atoms with Gasteiger partial charge in [-0.2, -0.15) is 4.98 Å². The van der Waals surface area contributed by atoms with Crippen LogP contribution in [0.15, 0.2) is 29.2 Å². The van der Waals surface area contributed by atoms with Gasteiger partial charge in [0.2, 0.25) is 5.95 Å². The van der Waals surface area contributed by atoms with E-state index in [1.807, 2.05) is 19.1 Å². The second-order valence-electron chi connectivity index (χ2n) is 8.24. The molecule has 3 aliphatic rings. The molecule has 8 heteroatoms. The van der Waals surface area contributed by atoms with Crippen LogP contribution in [0.25, 0.3) is 0 Å². The number of hydrogen-bond donors (Lipinski definition) is 5. The van der Waals surface area contributed by atoms with Crippen LogP contribution in [0, 0.1) is 12.8 Å². The van der Waals surface area contributed by atoms with Crippen LogP contribution in [0.4, 0.5) is 17.5 Å². The number of aromatic nitrogens is 2. The smallest absolute Gasteiger partial charge is 0.224 e. The molecule has 1 aromatic heterocycles. The minimum absolute atomic E-state index is 0.00384. The topological polar surface area (TPSA) is 102 Å². The number of thioether (sulfide) groups is 1. The predicted octanol–water partition coefficient (Wildman–Crippen LogP) is 3.12. The van der Waals surface area contributed by atoms with E-state index in [0.29, 0.717) is 18.8 Å². The third-order valence-corrected chi connectivity index (χ3v) is 7.16. The lowest BCUT2D eigenvalue weighted by Crippen LogP contribution is -2.35. The van der Waals surface area contributed by atoms with E-state index in [9.17, 15) is 10.2 Å². The summed E-state index contributed by atoms with van der Waals surface area (Å²) in [6, 6.07) is 8.04. The van der Waals surface area contributed by atoms with Gasteiger partial charge in [-0.05, 0) is 50.7 Å². The van der Waals surface area contributed by atoms with Gasteiger partial charge in [-0.1, -0.05) is 23.9 Å². The lowest BCUT2D eigenvalue weighted by molar-refractivity contribution is 0.0391. The maximum atomic E-state index is 10.3. The zero-order valence-corrected chi connectivity index (χ0v) is 17.2. The summed E-state index contributed by atoms with van der Waals surface area (Å²) in [5.74, 6) is 2.07. The van der Waals surface area contributed by atoms with Gasteiger partial charge in [0, 0.05) is 22.7 Å². The first-order chi connectivity index (χ1) is 14.1. The van der Waals surface area contributed by atoms with Crippen molar-refractivity contribution in [2.24, 2.45) is 5.92 Å².